The normalized spacial score (nSPS) is 11.3. The second-order valence-electron chi connectivity index (χ2n) is 29.4. The van der Waals surface area contributed by atoms with E-state index in [0.29, 0.717) is 52.4 Å². The number of nitrogens with zero attached hydrogens (tertiary/aromatic N) is 9. The fraction of sp³-hybridized carbons (Fsp3) is 0. The zero-order valence-corrected chi connectivity index (χ0v) is 65.1. The predicted molar refractivity (Wildman–Crippen MR) is 489 cm³/mol. The number of para-hydroxylation sites is 3. The van der Waals surface area contributed by atoms with Crippen LogP contribution in [0.5, 0.6) is 0 Å². The maximum Gasteiger partial charge on any atom is 0.164 e. The maximum atomic E-state index is 6.51. The lowest BCUT2D eigenvalue weighted by Crippen LogP contribution is -2.00. The molecule has 0 saturated heterocycles. The summed E-state index contributed by atoms with van der Waals surface area (Å²) in [6, 6.07) is 142. The molecule has 0 amide bonds. The van der Waals surface area contributed by atoms with Crippen molar-refractivity contribution in [2.75, 3.05) is 0 Å². The second-order valence-corrected chi connectivity index (χ2v) is 29.4. The van der Waals surface area contributed by atoms with E-state index in [1.54, 1.807) is 0 Å². The summed E-state index contributed by atoms with van der Waals surface area (Å²) >= 11 is 0. The smallest absolute Gasteiger partial charge is 0.164 e. The van der Waals surface area contributed by atoms with Gasteiger partial charge in [-0.1, -0.05) is 364 Å². The third kappa shape index (κ3) is 14.4. The Balaban J connectivity index is 0.000000112. The quantitative estimate of drug-likeness (QED) is 0.108. The summed E-state index contributed by atoms with van der Waals surface area (Å²) in [5.74, 6) is 5.85. The van der Waals surface area contributed by atoms with Crippen LogP contribution in [0, 0.1) is 0 Å². The fourth-order valence-electron chi connectivity index (χ4n) is 15.9. The summed E-state index contributed by atoms with van der Waals surface area (Å²) in [5, 5.41) is 8.95. The monoisotopic (exact) mass is 1550 g/mol. The van der Waals surface area contributed by atoms with E-state index in [4.69, 9.17) is 58.1 Å². The number of furan rings is 3. The molecule has 12 nitrogen and oxygen atoms in total. The Morgan fingerprint density at radius 2 is 0.380 bits per heavy atom. The van der Waals surface area contributed by atoms with Gasteiger partial charge >= 0.3 is 0 Å². The highest BCUT2D eigenvalue weighted by Crippen LogP contribution is 2.44. The van der Waals surface area contributed by atoms with E-state index < -0.39 is 0 Å². The van der Waals surface area contributed by atoms with E-state index in [-0.39, 0.29) is 0 Å². The van der Waals surface area contributed by atoms with E-state index in [2.05, 4.69) is 182 Å². The predicted octanol–water partition coefficient (Wildman–Crippen LogP) is 28.1. The number of hydrogen-bond acceptors (Lipinski definition) is 12. The molecule has 0 fully saturated rings. The Hall–Kier alpha value is -16.6. The fourth-order valence-corrected chi connectivity index (χ4v) is 15.9. The van der Waals surface area contributed by atoms with Gasteiger partial charge in [-0.15, -0.1) is 0 Å². The van der Waals surface area contributed by atoms with Crippen molar-refractivity contribution in [1.29, 1.82) is 0 Å². The average Bonchev–Trinajstić information content (AvgIpc) is 1.65. The lowest BCUT2D eigenvalue weighted by Gasteiger charge is -2.13. The van der Waals surface area contributed by atoms with E-state index in [1.807, 2.05) is 237 Å². The van der Waals surface area contributed by atoms with Gasteiger partial charge in [0.25, 0.3) is 0 Å². The molecule has 0 spiro atoms. The minimum absolute atomic E-state index is 0.632. The first-order chi connectivity index (χ1) is 59.9. The number of rotatable bonds is 13. The molecule has 0 aliphatic carbocycles. The van der Waals surface area contributed by atoms with Crippen LogP contribution in [0.15, 0.2) is 432 Å². The van der Waals surface area contributed by atoms with E-state index >= 15 is 0 Å². The van der Waals surface area contributed by atoms with Crippen molar-refractivity contribution >= 4 is 76.6 Å². The summed E-state index contributed by atoms with van der Waals surface area (Å²) in [6.07, 6.45) is 0. The largest absolute Gasteiger partial charge is 0.456 e. The number of hydrogen-bond donors (Lipinski definition) is 0. The van der Waals surface area contributed by atoms with Crippen LogP contribution in [-0.2, 0) is 0 Å². The zero-order valence-electron chi connectivity index (χ0n) is 65.1. The highest BCUT2D eigenvalue weighted by molar-refractivity contribution is 6.17. The van der Waals surface area contributed by atoms with Gasteiger partial charge in [-0.25, -0.2) is 44.9 Å². The maximum absolute atomic E-state index is 6.51. The molecule has 12 heteroatoms. The van der Waals surface area contributed by atoms with Gasteiger partial charge in [-0.3, -0.25) is 0 Å². The van der Waals surface area contributed by atoms with Crippen LogP contribution < -0.4 is 0 Å². The van der Waals surface area contributed by atoms with Crippen LogP contribution in [0.2, 0.25) is 0 Å². The van der Waals surface area contributed by atoms with E-state index in [1.165, 1.54) is 5.56 Å². The van der Waals surface area contributed by atoms with Crippen LogP contribution in [0.25, 0.3) is 224 Å². The van der Waals surface area contributed by atoms with Crippen molar-refractivity contribution in [2.24, 2.45) is 0 Å². The van der Waals surface area contributed by atoms with Crippen molar-refractivity contribution in [3.8, 4) is 147 Å². The van der Waals surface area contributed by atoms with Gasteiger partial charge in [0.15, 0.2) is 52.4 Å². The molecule has 23 rings (SSSR count). The van der Waals surface area contributed by atoms with Gasteiger partial charge in [0.2, 0.25) is 0 Å². The van der Waals surface area contributed by atoms with Crippen molar-refractivity contribution in [3.05, 3.63) is 419 Å². The Labute approximate surface area is 695 Å². The molecule has 0 aliphatic rings. The van der Waals surface area contributed by atoms with Gasteiger partial charge in [0.05, 0.1) is 0 Å². The molecule has 6 heterocycles. The molecule has 0 radical (unpaired) electrons. The molecule has 0 atom stereocenters. The van der Waals surface area contributed by atoms with Crippen molar-refractivity contribution < 1.29 is 13.3 Å². The molecule has 17 aromatic carbocycles. The summed E-state index contributed by atoms with van der Waals surface area (Å²) in [4.78, 5) is 43.9. The Bertz CT molecular complexity index is 7550. The molecule has 121 heavy (non-hydrogen) atoms. The summed E-state index contributed by atoms with van der Waals surface area (Å²) in [6.45, 7) is 0. The van der Waals surface area contributed by atoms with Gasteiger partial charge in [-0.05, 0) is 104 Å². The highest BCUT2D eigenvalue weighted by Gasteiger charge is 2.22. The van der Waals surface area contributed by atoms with E-state index in [9.17, 15) is 0 Å². The lowest BCUT2D eigenvalue weighted by atomic mass is 9.94. The molecule has 0 bridgehead atoms. The van der Waals surface area contributed by atoms with Gasteiger partial charge in [0, 0.05) is 88.0 Å². The van der Waals surface area contributed by atoms with Crippen LogP contribution in [0.1, 0.15) is 0 Å². The minimum atomic E-state index is 0.632. The summed E-state index contributed by atoms with van der Waals surface area (Å²) in [5.41, 5.74) is 22.9. The van der Waals surface area contributed by atoms with Gasteiger partial charge < -0.3 is 13.3 Å². The average molecular weight is 1550 g/mol. The first-order valence-corrected chi connectivity index (χ1v) is 40.1. The molecule has 23 aromatic rings. The molecule has 0 aliphatic heterocycles. The third-order valence-corrected chi connectivity index (χ3v) is 21.9. The Morgan fingerprint density at radius 1 is 0.132 bits per heavy atom. The molecule has 0 unspecified atom stereocenters. The first-order valence-electron chi connectivity index (χ1n) is 40.1. The van der Waals surface area contributed by atoms with Crippen LogP contribution in [0.3, 0.4) is 0 Å². The Morgan fingerprint density at radius 3 is 0.785 bits per heavy atom. The molecular formula is C109H69N9O3. The molecular weight excluding hydrogens is 1480 g/mol. The summed E-state index contributed by atoms with van der Waals surface area (Å²) in [7, 11) is 0. The SMILES string of the molecule is c1ccc(-c2nc(-c3ccccc3)nc(-c3ccc(-c4ccc(-c5ccccc5)c5c4oc4ccccc45)cc3)n2)cc1.c1ccc(-c2nc(-c3ccccc3)nc(-c3ccc(-c4ccc5oc6ccccc6c5c4)c4ccccc34)n2)cc1.c1ccc(-c2nc(-c3ccccc3)nc(-c3ccc(-c4ccc5oc6ccccc6c5c4)cc3)n2)cc1. The topological polar surface area (TPSA) is 155 Å². The second kappa shape index (κ2) is 31.9. The van der Waals surface area contributed by atoms with Crippen LogP contribution >= 0.6 is 0 Å². The molecule has 0 saturated carbocycles. The van der Waals surface area contributed by atoms with Crippen molar-refractivity contribution in [1.82, 2.24) is 44.9 Å². The van der Waals surface area contributed by atoms with Gasteiger partial charge in [-0.2, -0.15) is 0 Å². The number of benzene rings is 17. The van der Waals surface area contributed by atoms with Gasteiger partial charge in [0.1, 0.15) is 33.5 Å². The molecule has 568 valence electrons. The van der Waals surface area contributed by atoms with Crippen molar-refractivity contribution in [3.63, 3.8) is 0 Å². The first kappa shape index (κ1) is 72.2. The van der Waals surface area contributed by atoms with Crippen molar-refractivity contribution in [2.45, 2.75) is 0 Å². The van der Waals surface area contributed by atoms with Crippen LogP contribution in [-0.4, -0.2) is 44.9 Å². The number of fused-ring (bicyclic) bond motifs is 10. The number of aromatic nitrogens is 9. The molecule has 6 aromatic heterocycles. The molecule has 0 N–H and O–H groups in total. The standard InChI is InChI=1S/C39H25N3O.C37H23N3O.C33H21N3O/c1-4-12-26(13-5-1)31-24-25-32(36-35(31)33-18-10-11-19-34(33)43-36)27-20-22-30(23-21-27)39-41-37(28-14-6-2-7-15-28)40-38(42-39)29-16-8-3-9-17-29;1-3-11-24(12-4-1)35-38-36(25-13-5-2-6-14-25)40-37(39-35)31-21-20-27(28-15-7-8-16-29(28)31)26-19-22-34-32(23-26)30-17-9-10-18-33(30)41-34;1-3-9-23(10-4-1)31-34-32(24-11-5-2-6-12-24)36-33(35-31)25-17-15-22(16-18-25)26-19-20-30-28(21-26)27-13-7-8-14-29(27)37-30/h1-25H;1-23H;1-21H. The van der Waals surface area contributed by atoms with E-state index in [0.717, 1.165) is 166 Å². The highest BCUT2D eigenvalue weighted by atomic mass is 16.3. The van der Waals surface area contributed by atoms with Crippen LogP contribution in [0.4, 0.5) is 0 Å². The lowest BCUT2D eigenvalue weighted by molar-refractivity contribution is 0.668. The minimum Gasteiger partial charge on any atom is -0.456 e. The summed E-state index contributed by atoms with van der Waals surface area (Å²) < 4.78 is 18.6. The third-order valence-electron chi connectivity index (χ3n) is 21.9. The zero-order chi connectivity index (χ0) is 80.4. The Kier molecular flexibility index (Phi) is 19.0.